The first-order valence-electron chi connectivity index (χ1n) is 9.36. The van der Waals surface area contributed by atoms with Crippen LogP contribution in [0.3, 0.4) is 0 Å². The van der Waals surface area contributed by atoms with E-state index in [1.807, 2.05) is 35.0 Å². The first kappa shape index (κ1) is 18.4. The van der Waals surface area contributed by atoms with E-state index in [1.54, 1.807) is 18.5 Å². The number of fused-ring (bicyclic) bond motifs is 1. The van der Waals surface area contributed by atoms with Crippen LogP contribution < -0.4 is 10.9 Å². The molecule has 0 spiro atoms. The molecule has 3 heterocycles. The average Bonchev–Trinajstić information content (AvgIpc) is 3.33. The molecule has 28 heavy (non-hydrogen) atoms. The molecule has 0 saturated carbocycles. The minimum absolute atomic E-state index is 0.271. The predicted molar refractivity (Wildman–Crippen MR) is 108 cm³/mol. The van der Waals surface area contributed by atoms with E-state index in [4.69, 9.17) is 0 Å². The van der Waals surface area contributed by atoms with E-state index in [2.05, 4.69) is 22.8 Å². The number of carbonyl (C=O) groups excluding carboxylic acids is 2. The highest BCUT2D eigenvalue weighted by molar-refractivity contribution is 7.14. The molecule has 2 amide bonds. The fraction of sp³-hybridized carbons (Fsp3) is 0.286. The maximum atomic E-state index is 12.5. The van der Waals surface area contributed by atoms with Crippen LogP contribution in [0.15, 0.2) is 48.9 Å². The molecule has 144 valence electrons. The number of hydrogen-bond acceptors (Lipinski definition) is 4. The van der Waals surface area contributed by atoms with Crippen molar-refractivity contribution in [2.75, 3.05) is 0 Å². The zero-order valence-electron chi connectivity index (χ0n) is 15.6. The Labute approximate surface area is 167 Å². The Kier molecular flexibility index (Phi) is 5.25. The normalized spacial score (nSPS) is 15.7. The highest BCUT2D eigenvalue weighted by Gasteiger charge is 2.21. The van der Waals surface area contributed by atoms with E-state index in [1.165, 1.54) is 28.2 Å². The van der Waals surface area contributed by atoms with Crippen molar-refractivity contribution in [1.29, 1.82) is 0 Å². The third kappa shape index (κ3) is 3.99. The van der Waals surface area contributed by atoms with Crippen LogP contribution in [0.1, 0.15) is 49.5 Å². The summed E-state index contributed by atoms with van der Waals surface area (Å²) < 4.78 is 1.84. The summed E-state index contributed by atoms with van der Waals surface area (Å²) in [7, 11) is 0. The molecule has 0 aliphatic heterocycles. The van der Waals surface area contributed by atoms with Crippen LogP contribution >= 0.6 is 11.3 Å². The summed E-state index contributed by atoms with van der Waals surface area (Å²) in [6, 6.07) is 9.31. The van der Waals surface area contributed by atoms with Gasteiger partial charge in [-0.25, -0.2) is 0 Å². The summed E-state index contributed by atoms with van der Waals surface area (Å²) in [5.41, 5.74) is 7.88. The molecular weight excluding hydrogens is 372 g/mol. The van der Waals surface area contributed by atoms with Crippen LogP contribution in [0.5, 0.6) is 0 Å². The summed E-state index contributed by atoms with van der Waals surface area (Å²) in [5, 5.41) is 0. The molecule has 0 unspecified atom stereocenters. The van der Waals surface area contributed by atoms with Crippen LogP contribution in [0.4, 0.5) is 0 Å². The van der Waals surface area contributed by atoms with E-state index in [9.17, 15) is 9.59 Å². The lowest BCUT2D eigenvalue weighted by molar-refractivity contribution is 0.0844. The number of nitrogens with zero attached hydrogens (tertiary/aromatic N) is 2. The van der Waals surface area contributed by atoms with Crippen LogP contribution in [0.25, 0.3) is 0 Å². The zero-order valence-corrected chi connectivity index (χ0v) is 16.5. The first-order chi connectivity index (χ1) is 13.6. The van der Waals surface area contributed by atoms with Crippen molar-refractivity contribution in [3.63, 3.8) is 0 Å². The molecule has 0 aromatic carbocycles. The van der Waals surface area contributed by atoms with Crippen molar-refractivity contribution in [3.8, 4) is 0 Å². The molecule has 1 aliphatic rings. The molecule has 1 atom stereocenters. The molecule has 1 aliphatic carbocycles. The number of thiophene rings is 1. The summed E-state index contributed by atoms with van der Waals surface area (Å²) in [4.78, 5) is 30.9. The number of aryl methyl sites for hydroxylation is 1. The van der Waals surface area contributed by atoms with Crippen molar-refractivity contribution in [2.45, 2.75) is 32.7 Å². The average molecular weight is 395 g/mol. The van der Waals surface area contributed by atoms with E-state index in [0.717, 1.165) is 18.4 Å². The Bertz CT molecular complexity index is 993. The SMILES string of the molecule is C[C@H]1CCc2sc(C(=O)NNC(=O)c3cccn3Cc3ccncc3)cc2C1. The third-order valence-corrected chi connectivity index (χ3v) is 6.24. The van der Waals surface area contributed by atoms with Gasteiger partial charge in [-0.1, -0.05) is 6.92 Å². The molecule has 3 aromatic heterocycles. The topological polar surface area (TPSA) is 76.0 Å². The number of aromatic nitrogens is 2. The van der Waals surface area contributed by atoms with E-state index >= 15 is 0 Å². The summed E-state index contributed by atoms with van der Waals surface area (Å²) in [5.74, 6) is 0.0425. The fourth-order valence-corrected chi connectivity index (χ4v) is 4.60. The third-order valence-electron chi connectivity index (χ3n) is 5.01. The van der Waals surface area contributed by atoms with Gasteiger partial charge < -0.3 is 4.57 Å². The number of pyridine rings is 1. The van der Waals surface area contributed by atoms with Gasteiger partial charge >= 0.3 is 0 Å². The van der Waals surface area contributed by atoms with Crippen LogP contribution in [-0.2, 0) is 19.4 Å². The minimum Gasteiger partial charge on any atom is -0.339 e. The largest absolute Gasteiger partial charge is 0.339 e. The lowest BCUT2D eigenvalue weighted by Crippen LogP contribution is -2.42. The summed E-state index contributed by atoms with van der Waals surface area (Å²) in [6.45, 7) is 2.80. The Morgan fingerprint density at radius 3 is 2.82 bits per heavy atom. The molecule has 7 heteroatoms. The second kappa shape index (κ2) is 7.98. The van der Waals surface area contributed by atoms with Crippen molar-refractivity contribution in [2.24, 2.45) is 5.92 Å². The van der Waals surface area contributed by atoms with Crippen molar-refractivity contribution < 1.29 is 9.59 Å². The first-order valence-corrected chi connectivity index (χ1v) is 10.2. The number of nitrogens with one attached hydrogen (secondary N) is 2. The number of amides is 2. The lowest BCUT2D eigenvalue weighted by Gasteiger charge is -2.16. The maximum absolute atomic E-state index is 12.5. The number of carbonyl (C=O) groups is 2. The number of hydrazine groups is 1. The Balaban J connectivity index is 1.39. The van der Waals surface area contributed by atoms with Gasteiger partial charge in [0.2, 0.25) is 0 Å². The van der Waals surface area contributed by atoms with Gasteiger partial charge in [-0.05, 0) is 66.6 Å². The molecule has 0 saturated heterocycles. The number of hydrogen-bond donors (Lipinski definition) is 2. The van der Waals surface area contributed by atoms with Crippen LogP contribution in [0, 0.1) is 5.92 Å². The smallest absolute Gasteiger partial charge is 0.286 e. The molecule has 0 bridgehead atoms. The van der Waals surface area contributed by atoms with Gasteiger partial charge in [0.15, 0.2) is 0 Å². The van der Waals surface area contributed by atoms with Gasteiger partial charge in [0.25, 0.3) is 11.8 Å². The highest BCUT2D eigenvalue weighted by atomic mass is 32.1. The minimum atomic E-state index is -0.345. The van der Waals surface area contributed by atoms with Crippen molar-refractivity contribution in [3.05, 3.63) is 75.5 Å². The van der Waals surface area contributed by atoms with Gasteiger partial charge in [-0.3, -0.25) is 25.4 Å². The van der Waals surface area contributed by atoms with E-state index in [0.29, 0.717) is 23.0 Å². The molecular formula is C21H22N4O2S. The van der Waals surface area contributed by atoms with E-state index in [-0.39, 0.29) is 11.8 Å². The fourth-order valence-electron chi connectivity index (χ4n) is 3.50. The zero-order chi connectivity index (χ0) is 19.5. The molecule has 0 fully saturated rings. The molecule has 6 nitrogen and oxygen atoms in total. The lowest BCUT2D eigenvalue weighted by atomic mass is 9.90. The van der Waals surface area contributed by atoms with Crippen molar-refractivity contribution in [1.82, 2.24) is 20.4 Å². The highest BCUT2D eigenvalue weighted by Crippen LogP contribution is 2.32. The summed E-state index contributed by atoms with van der Waals surface area (Å²) in [6.07, 6.45) is 8.50. The quantitative estimate of drug-likeness (QED) is 0.667. The Morgan fingerprint density at radius 2 is 2.00 bits per heavy atom. The summed E-state index contributed by atoms with van der Waals surface area (Å²) >= 11 is 1.53. The van der Waals surface area contributed by atoms with Gasteiger partial charge in [-0.2, -0.15) is 0 Å². The van der Waals surface area contributed by atoms with Crippen LogP contribution in [-0.4, -0.2) is 21.4 Å². The second-order valence-electron chi connectivity index (χ2n) is 7.19. The molecule has 2 N–H and O–H groups in total. The van der Waals surface area contributed by atoms with Crippen LogP contribution in [0.2, 0.25) is 0 Å². The van der Waals surface area contributed by atoms with Gasteiger partial charge in [-0.15, -0.1) is 11.3 Å². The Morgan fingerprint density at radius 1 is 1.21 bits per heavy atom. The Hall–Kier alpha value is -2.93. The van der Waals surface area contributed by atoms with Gasteiger partial charge in [0, 0.05) is 30.0 Å². The molecule has 0 radical (unpaired) electrons. The second-order valence-corrected chi connectivity index (χ2v) is 8.33. The van der Waals surface area contributed by atoms with Gasteiger partial charge in [0.05, 0.1) is 4.88 Å². The van der Waals surface area contributed by atoms with Gasteiger partial charge in [0.1, 0.15) is 5.69 Å². The van der Waals surface area contributed by atoms with Crippen molar-refractivity contribution >= 4 is 23.2 Å². The monoisotopic (exact) mass is 394 g/mol. The van der Waals surface area contributed by atoms with E-state index < -0.39 is 0 Å². The molecule has 3 aromatic rings. The number of rotatable bonds is 4. The predicted octanol–water partition coefficient (Wildman–Crippen LogP) is 3.19. The molecule has 4 rings (SSSR count). The standard InChI is InChI=1S/C21H22N4O2S/c1-14-4-5-18-16(11-14)12-19(28-18)21(27)24-23-20(26)17-3-2-10-25(17)13-15-6-8-22-9-7-15/h2-3,6-10,12,14H,4-5,11,13H2,1H3,(H,23,26)(H,24,27)/t14-/m0/s1. The maximum Gasteiger partial charge on any atom is 0.286 e.